The standard InChI is InChI=1S/C17H14O6/c1-21-14-8-13-15(16(20)17(14)22-2)11(19)7-12(23-13)9-5-3-4-6-10(9)18/h3-8,18,20H,1-2H3. The van der Waals surface area contributed by atoms with Crippen LogP contribution in [0.4, 0.5) is 0 Å². The first kappa shape index (κ1) is 14.8. The Morgan fingerprint density at radius 3 is 2.43 bits per heavy atom. The number of ether oxygens (including phenoxy) is 2. The van der Waals surface area contributed by atoms with Crippen LogP contribution in [-0.2, 0) is 0 Å². The van der Waals surface area contributed by atoms with Crippen molar-refractivity contribution in [3.05, 3.63) is 46.6 Å². The van der Waals surface area contributed by atoms with Gasteiger partial charge in [0.05, 0.1) is 19.8 Å². The second-order valence-electron chi connectivity index (χ2n) is 4.83. The lowest BCUT2D eigenvalue weighted by Gasteiger charge is -2.12. The molecule has 23 heavy (non-hydrogen) atoms. The number of hydrogen-bond donors (Lipinski definition) is 2. The van der Waals surface area contributed by atoms with E-state index in [1.54, 1.807) is 18.2 Å². The molecule has 3 aromatic rings. The minimum Gasteiger partial charge on any atom is -0.507 e. The molecule has 1 heterocycles. The number of phenolic OH excluding ortho intramolecular Hbond substituents is 2. The highest BCUT2D eigenvalue weighted by molar-refractivity contribution is 5.89. The molecule has 2 aromatic carbocycles. The van der Waals surface area contributed by atoms with Gasteiger partial charge in [-0.05, 0) is 12.1 Å². The van der Waals surface area contributed by atoms with E-state index >= 15 is 0 Å². The largest absolute Gasteiger partial charge is 0.507 e. The molecule has 118 valence electrons. The van der Waals surface area contributed by atoms with Gasteiger partial charge in [-0.2, -0.15) is 0 Å². The lowest BCUT2D eigenvalue weighted by Crippen LogP contribution is -2.03. The van der Waals surface area contributed by atoms with Gasteiger partial charge >= 0.3 is 0 Å². The molecule has 0 bridgehead atoms. The highest BCUT2D eigenvalue weighted by atomic mass is 16.5. The molecular formula is C17H14O6. The smallest absolute Gasteiger partial charge is 0.204 e. The van der Waals surface area contributed by atoms with Crippen molar-refractivity contribution in [3.63, 3.8) is 0 Å². The Hall–Kier alpha value is -3.15. The molecule has 0 aliphatic carbocycles. The summed E-state index contributed by atoms with van der Waals surface area (Å²) in [5, 5.41) is 20.1. The number of fused-ring (bicyclic) bond motifs is 1. The van der Waals surface area contributed by atoms with E-state index in [1.807, 2.05) is 0 Å². The van der Waals surface area contributed by atoms with Crippen LogP contribution in [0.3, 0.4) is 0 Å². The van der Waals surface area contributed by atoms with E-state index in [2.05, 4.69) is 0 Å². The third-order valence-corrected chi connectivity index (χ3v) is 3.51. The molecule has 6 nitrogen and oxygen atoms in total. The molecule has 0 radical (unpaired) electrons. The van der Waals surface area contributed by atoms with Crippen LogP contribution in [0, 0.1) is 0 Å². The van der Waals surface area contributed by atoms with Crippen LogP contribution >= 0.6 is 0 Å². The minimum absolute atomic E-state index is 0.0122. The Morgan fingerprint density at radius 2 is 1.78 bits per heavy atom. The molecule has 0 amide bonds. The van der Waals surface area contributed by atoms with Crippen molar-refractivity contribution < 1.29 is 24.1 Å². The molecule has 0 saturated heterocycles. The summed E-state index contributed by atoms with van der Waals surface area (Å²) in [6, 6.07) is 9.16. The molecule has 6 heteroatoms. The molecule has 0 saturated carbocycles. The van der Waals surface area contributed by atoms with Gasteiger partial charge in [0.15, 0.2) is 16.9 Å². The Balaban J connectivity index is 2.35. The fourth-order valence-corrected chi connectivity index (χ4v) is 2.43. The molecule has 0 atom stereocenters. The number of phenols is 2. The highest BCUT2D eigenvalue weighted by Crippen LogP contribution is 2.42. The number of hydrogen-bond acceptors (Lipinski definition) is 6. The molecule has 1 aromatic heterocycles. The molecule has 2 N–H and O–H groups in total. The average molecular weight is 314 g/mol. The van der Waals surface area contributed by atoms with Gasteiger partial charge in [0.25, 0.3) is 0 Å². The van der Waals surface area contributed by atoms with Crippen LogP contribution in [-0.4, -0.2) is 24.4 Å². The Morgan fingerprint density at radius 1 is 1.04 bits per heavy atom. The van der Waals surface area contributed by atoms with E-state index in [4.69, 9.17) is 13.9 Å². The summed E-state index contributed by atoms with van der Waals surface area (Å²) < 4.78 is 15.9. The summed E-state index contributed by atoms with van der Waals surface area (Å²) in [6.07, 6.45) is 0. The van der Waals surface area contributed by atoms with Crippen LogP contribution in [0.1, 0.15) is 0 Å². The maximum absolute atomic E-state index is 12.4. The molecule has 3 rings (SSSR count). The molecule has 0 aliphatic heterocycles. The van der Waals surface area contributed by atoms with Crippen molar-refractivity contribution >= 4 is 11.0 Å². The van der Waals surface area contributed by atoms with Crippen LogP contribution < -0.4 is 14.9 Å². The van der Waals surface area contributed by atoms with E-state index < -0.39 is 5.43 Å². The molecule has 0 spiro atoms. The van der Waals surface area contributed by atoms with Gasteiger partial charge in [-0.3, -0.25) is 4.79 Å². The van der Waals surface area contributed by atoms with Crippen molar-refractivity contribution in [2.24, 2.45) is 0 Å². The Kier molecular flexibility index (Phi) is 3.57. The average Bonchev–Trinajstić information content (AvgIpc) is 2.54. The summed E-state index contributed by atoms with van der Waals surface area (Å²) in [5.41, 5.74) is 0.0506. The van der Waals surface area contributed by atoms with E-state index in [1.165, 1.54) is 32.4 Å². The van der Waals surface area contributed by atoms with Crippen LogP contribution in [0.2, 0.25) is 0 Å². The maximum Gasteiger partial charge on any atom is 0.204 e. The molecule has 0 fully saturated rings. The van der Waals surface area contributed by atoms with Crippen LogP contribution in [0.15, 0.2) is 45.6 Å². The summed E-state index contributed by atoms with van der Waals surface area (Å²) in [7, 11) is 2.77. The van der Waals surface area contributed by atoms with Gasteiger partial charge in [-0.15, -0.1) is 0 Å². The van der Waals surface area contributed by atoms with Gasteiger partial charge in [0.2, 0.25) is 5.75 Å². The van der Waals surface area contributed by atoms with Gasteiger partial charge in [0.1, 0.15) is 22.5 Å². The first-order chi connectivity index (χ1) is 11.1. The SMILES string of the molecule is COc1cc2oc(-c3ccccc3O)cc(=O)c2c(O)c1OC. The van der Waals surface area contributed by atoms with Crippen LogP contribution in [0.25, 0.3) is 22.3 Å². The van der Waals surface area contributed by atoms with Gasteiger partial charge in [0, 0.05) is 12.1 Å². The zero-order valence-electron chi connectivity index (χ0n) is 12.5. The van der Waals surface area contributed by atoms with E-state index in [0.29, 0.717) is 5.56 Å². The van der Waals surface area contributed by atoms with E-state index in [-0.39, 0.29) is 39.7 Å². The summed E-state index contributed by atoms with van der Waals surface area (Å²) >= 11 is 0. The summed E-state index contributed by atoms with van der Waals surface area (Å²) in [5.74, 6) is 0.115. The molecule has 0 aliphatic rings. The Bertz CT molecular complexity index is 942. The normalized spacial score (nSPS) is 10.7. The van der Waals surface area contributed by atoms with Gasteiger partial charge < -0.3 is 24.1 Å². The molecule has 0 unspecified atom stereocenters. The van der Waals surface area contributed by atoms with Crippen molar-refractivity contribution in [2.75, 3.05) is 14.2 Å². The monoisotopic (exact) mass is 314 g/mol. The predicted molar refractivity (Wildman–Crippen MR) is 84.4 cm³/mol. The lowest BCUT2D eigenvalue weighted by atomic mass is 10.1. The molecular weight excluding hydrogens is 300 g/mol. The van der Waals surface area contributed by atoms with E-state index in [9.17, 15) is 15.0 Å². The zero-order chi connectivity index (χ0) is 16.6. The number of benzene rings is 2. The fourth-order valence-electron chi connectivity index (χ4n) is 2.43. The number of aromatic hydroxyl groups is 2. The Labute approximate surface area is 131 Å². The van der Waals surface area contributed by atoms with Crippen molar-refractivity contribution in [3.8, 4) is 34.3 Å². The van der Waals surface area contributed by atoms with Gasteiger partial charge in [-0.25, -0.2) is 0 Å². The van der Waals surface area contributed by atoms with Gasteiger partial charge in [-0.1, -0.05) is 12.1 Å². The van der Waals surface area contributed by atoms with Crippen molar-refractivity contribution in [1.82, 2.24) is 0 Å². The number of methoxy groups -OCH3 is 2. The topological polar surface area (TPSA) is 89.1 Å². The number of para-hydroxylation sites is 1. The van der Waals surface area contributed by atoms with Crippen molar-refractivity contribution in [1.29, 1.82) is 0 Å². The van der Waals surface area contributed by atoms with Crippen LogP contribution in [0.5, 0.6) is 23.0 Å². The minimum atomic E-state index is -0.456. The zero-order valence-corrected chi connectivity index (χ0v) is 12.5. The number of rotatable bonds is 3. The summed E-state index contributed by atoms with van der Waals surface area (Å²) in [4.78, 5) is 12.4. The fraction of sp³-hybridized carbons (Fsp3) is 0.118. The predicted octanol–water partition coefficient (Wildman–Crippen LogP) is 2.89. The van der Waals surface area contributed by atoms with E-state index in [0.717, 1.165) is 0 Å². The second kappa shape index (κ2) is 5.57. The second-order valence-corrected chi connectivity index (χ2v) is 4.83. The summed E-state index contributed by atoms with van der Waals surface area (Å²) in [6.45, 7) is 0. The maximum atomic E-state index is 12.4. The quantitative estimate of drug-likeness (QED) is 0.772. The highest BCUT2D eigenvalue weighted by Gasteiger charge is 2.19. The van der Waals surface area contributed by atoms with Crippen molar-refractivity contribution in [2.45, 2.75) is 0 Å². The first-order valence-corrected chi connectivity index (χ1v) is 6.77. The lowest BCUT2D eigenvalue weighted by molar-refractivity contribution is 0.334. The third kappa shape index (κ3) is 2.34. The first-order valence-electron chi connectivity index (χ1n) is 6.77. The third-order valence-electron chi connectivity index (χ3n) is 3.51.